The molecule has 126 valence electrons. The minimum atomic E-state index is -0.252. The number of fused-ring (bicyclic) bond motifs is 1. The highest BCUT2D eigenvalue weighted by Gasteiger charge is 2.17. The fourth-order valence-electron chi connectivity index (χ4n) is 2.49. The normalized spacial score (nSPS) is 12.4. The van der Waals surface area contributed by atoms with Gasteiger partial charge in [-0.05, 0) is 36.8 Å². The van der Waals surface area contributed by atoms with Gasteiger partial charge in [0.1, 0.15) is 17.7 Å². The molecule has 0 aliphatic heterocycles. The van der Waals surface area contributed by atoms with Crippen LogP contribution in [0.1, 0.15) is 29.4 Å². The van der Waals surface area contributed by atoms with Crippen molar-refractivity contribution in [2.24, 2.45) is 0 Å². The van der Waals surface area contributed by atoms with Gasteiger partial charge in [-0.25, -0.2) is 4.39 Å². The third-order valence-electron chi connectivity index (χ3n) is 3.75. The Morgan fingerprint density at radius 2 is 1.84 bits per heavy atom. The highest BCUT2D eigenvalue weighted by atomic mass is 32.1. The Labute approximate surface area is 147 Å². The third kappa shape index (κ3) is 3.36. The SMILES string of the molecule is C[C@H](Oc1ccccc1)c1nn2c(Cc3ccc(F)cc3)nnc2s1. The summed E-state index contributed by atoms with van der Waals surface area (Å²) in [6.45, 7) is 1.96. The second-order valence-electron chi connectivity index (χ2n) is 5.63. The van der Waals surface area contributed by atoms with Crippen LogP contribution < -0.4 is 4.74 Å². The van der Waals surface area contributed by atoms with Gasteiger partial charge in [0, 0.05) is 6.42 Å². The Hall–Kier alpha value is -2.80. The highest BCUT2D eigenvalue weighted by Crippen LogP contribution is 2.25. The molecule has 4 aromatic rings. The minimum absolute atomic E-state index is 0.187. The molecule has 0 N–H and O–H groups in total. The zero-order valence-electron chi connectivity index (χ0n) is 13.5. The molecule has 0 unspecified atom stereocenters. The van der Waals surface area contributed by atoms with E-state index in [0.29, 0.717) is 6.42 Å². The molecule has 2 heterocycles. The predicted molar refractivity (Wildman–Crippen MR) is 93.4 cm³/mol. The molecule has 5 nitrogen and oxygen atoms in total. The standard InChI is InChI=1S/C18H15FN4OS/c1-12(24-15-5-3-2-4-6-15)17-22-23-16(20-21-18(23)25-17)11-13-7-9-14(19)10-8-13/h2-10,12H,11H2,1H3/t12-/m0/s1. The quantitative estimate of drug-likeness (QED) is 0.542. The molecule has 0 saturated carbocycles. The average molecular weight is 354 g/mol. The van der Waals surface area contributed by atoms with Crippen molar-refractivity contribution in [2.45, 2.75) is 19.4 Å². The maximum absolute atomic E-state index is 13.0. The molecule has 0 amide bonds. The molecule has 1 atom stereocenters. The first-order valence-corrected chi connectivity index (χ1v) is 8.68. The number of rotatable bonds is 5. The summed E-state index contributed by atoms with van der Waals surface area (Å²) >= 11 is 1.45. The first kappa shape index (κ1) is 15.7. The number of aromatic nitrogens is 4. The van der Waals surface area contributed by atoms with Crippen molar-refractivity contribution in [3.8, 4) is 5.75 Å². The molecule has 0 radical (unpaired) electrons. The van der Waals surface area contributed by atoms with Gasteiger partial charge in [0.15, 0.2) is 10.8 Å². The fraction of sp³-hybridized carbons (Fsp3) is 0.167. The number of para-hydroxylation sites is 1. The van der Waals surface area contributed by atoms with Crippen molar-refractivity contribution in [2.75, 3.05) is 0 Å². The van der Waals surface area contributed by atoms with E-state index < -0.39 is 0 Å². The van der Waals surface area contributed by atoms with Crippen LogP contribution in [-0.2, 0) is 6.42 Å². The van der Waals surface area contributed by atoms with Crippen molar-refractivity contribution in [3.05, 3.63) is 76.8 Å². The Morgan fingerprint density at radius 1 is 1.08 bits per heavy atom. The maximum Gasteiger partial charge on any atom is 0.234 e. The van der Waals surface area contributed by atoms with Crippen molar-refractivity contribution in [3.63, 3.8) is 0 Å². The third-order valence-corrected chi connectivity index (χ3v) is 4.81. The Morgan fingerprint density at radius 3 is 2.60 bits per heavy atom. The first-order chi connectivity index (χ1) is 12.2. The molecule has 0 spiro atoms. The molecule has 25 heavy (non-hydrogen) atoms. The van der Waals surface area contributed by atoms with Gasteiger partial charge in [-0.2, -0.15) is 9.61 Å². The van der Waals surface area contributed by atoms with Crippen LogP contribution in [0.25, 0.3) is 4.96 Å². The topological polar surface area (TPSA) is 52.3 Å². The van der Waals surface area contributed by atoms with E-state index in [0.717, 1.165) is 27.1 Å². The van der Waals surface area contributed by atoms with Gasteiger partial charge in [0.05, 0.1) is 0 Å². The minimum Gasteiger partial charge on any atom is -0.483 e. The largest absolute Gasteiger partial charge is 0.483 e. The number of hydrogen-bond acceptors (Lipinski definition) is 5. The van der Waals surface area contributed by atoms with Crippen LogP contribution in [-0.4, -0.2) is 19.8 Å². The van der Waals surface area contributed by atoms with Gasteiger partial charge in [-0.3, -0.25) is 0 Å². The smallest absolute Gasteiger partial charge is 0.234 e. The van der Waals surface area contributed by atoms with E-state index in [1.165, 1.54) is 23.5 Å². The summed E-state index contributed by atoms with van der Waals surface area (Å²) in [4.78, 5) is 0.718. The van der Waals surface area contributed by atoms with Crippen LogP contribution in [0.4, 0.5) is 4.39 Å². The summed E-state index contributed by atoms with van der Waals surface area (Å²) in [6.07, 6.45) is 0.353. The van der Waals surface area contributed by atoms with Crippen molar-refractivity contribution >= 4 is 16.3 Å². The lowest BCUT2D eigenvalue weighted by atomic mass is 10.1. The molecule has 4 rings (SSSR count). The highest BCUT2D eigenvalue weighted by molar-refractivity contribution is 7.16. The van der Waals surface area contributed by atoms with Crippen LogP contribution in [0.2, 0.25) is 0 Å². The molecule has 7 heteroatoms. The molecule has 0 fully saturated rings. The molecular weight excluding hydrogens is 339 g/mol. The predicted octanol–water partition coefficient (Wildman–Crippen LogP) is 4.06. The summed E-state index contributed by atoms with van der Waals surface area (Å²) in [7, 11) is 0. The van der Waals surface area contributed by atoms with Crippen LogP contribution in [0.5, 0.6) is 5.75 Å². The van der Waals surface area contributed by atoms with Crippen LogP contribution in [0.15, 0.2) is 54.6 Å². The zero-order valence-corrected chi connectivity index (χ0v) is 14.3. The van der Waals surface area contributed by atoms with Crippen molar-refractivity contribution in [1.82, 2.24) is 19.8 Å². The number of hydrogen-bond donors (Lipinski definition) is 0. The first-order valence-electron chi connectivity index (χ1n) is 7.86. The summed E-state index contributed by atoms with van der Waals surface area (Å²) in [5.74, 6) is 1.27. The molecule has 2 aromatic carbocycles. The van der Waals surface area contributed by atoms with Crippen LogP contribution in [0.3, 0.4) is 0 Å². The number of benzene rings is 2. The molecule has 0 saturated heterocycles. The van der Waals surface area contributed by atoms with Gasteiger partial charge in [0.2, 0.25) is 4.96 Å². The summed E-state index contributed by atoms with van der Waals surface area (Å²) in [5, 5.41) is 13.8. The van der Waals surface area contributed by atoms with Gasteiger partial charge in [0.25, 0.3) is 0 Å². The zero-order chi connectivity index (χ0) is 17.2. The van der Waals surface area contributed by atoms with Crippen molar-refractivity contribution in [1.29, 1.82) is 0 Å². The van der Waals surface area contributed by atoms with E-state index in [1.807, 2.05) is 37.3 Å². The van der Waals surface area contributed by atoms with Gasteiger partial charge in [-0.1, -0.05) is 41.7 Å². The van der Waals surface area contributed by atoms with Gasteiger partial charge < -0.3 is 4.74 Å². The second kappa shape index (κ2) is 6.60. The van der Waals surface area contributed by atoms with Crippen LogP contribution >= 0.6 is 11.3 Å². The molecule has 0 aliphatic rings. The summed E-state index contributed by atoms with van der Waals surface area (Å²) in [5.41, 5.74) is 0.957. The second-order valence-corrected chi connectivity index (χ2v) is 6.61. The number of ether oxygens (including phenoxy) is 1. The monoisotopic (exact) mass is 354 g/mol. The molecule has 0 bridgehead atoms. The lowest BCUT2D eigenvalue weighted by Crippen LogP contribution is -2.04. The number of nitrogens with zero attached hydrogens (tertiary/aromatic N) is 4. The molecule has 2 aromatic heterocycles. The molecule has 0 aliphatic carbocycles. The average Bonchev–Trinajstić information content (AvgIpc) is 3.20. The fourth-order valence-corrected chi connectivity index (χ4v) is 3.32. The number of halogens is 1. The summed E-state index contributed by atoms with van der Waals surface area (Å²) < 4.78 is 20.7. The Balaban J connectivity index is 1.56. The van der Waals surface area contributed by atoms with Crippen molar-refractivity contribution < 1.29 is 9.13 Å². The van der Waals surface area contributed by atoms with Gasteiger partial charge >= 0.3 is 0 Å². The lowest BCUT2D eigenvalue weighted by molar-refractivity contribution is 0.225. The van der Waals surface area contributed by atoms with E-state index in [9.17, 15) is 4.39 Å². The van der Waals surface area contributed by atoms with E-state index in [4.69, 9.17) is 4.74 Å². The van der Waals surface area contributed by atoms with Crippen LogP contribution in [0, 0.1) is 5.82 Å². The van der Waals surface area contributed by atoms with E-state index in [-0.39, 0.29) is 11.9 Å². The summed E-state index contributed by atoms with van der Waals surface area (Å²) in [6, 6.07) is 16.0. The van der Waals surface area contributed by atoms with Gasteiger partial charge in [-0.15, -0.1) is 10.2 Å². The lowest BCUT2D eigenvalue weighted by Gasteiger charge is -2.11. The van der Waals surface area contributed by atoms with E-state index >= 15 is 0 Å². The maximum atomic E-state index is 13.0. The van der Waals surface area contributed by atoms with E-state index in [1.54, 1.807) is 16.6 Å². The molecular formula is C18H15FN4OS. The Bertz CT molecular complexity index is 981. The van der Waals surface area contributed by atoms with E-state index in [2.05, 4.69) is 15.3 Å². The Kier molecular flexibility index (Phi) is 4.15.